The number of fused-ring (bicyclic) bond motifs is 5. The molecule has 0 aromatic heterocycles. The smallest absolute Gasteiger partial charge is 0.303 e. The van der Waals surface area contributed by atoms with Crippen LogP contribution in [0.5, 0.6) is 5.75 Å². The molecule has 0 radical (unpaired) electrons. The lowest BCUT2D eigenvalue weighted by atomic mass is 9.54. The van der Waals surface area contributed by atoms with Crippen molar-refractivity contribution in [2.45, 2.75) is 76.4 Å². The molecule has 0 saturated heterocycles. The number of phenolic OH excluding ortho intramolecular Hbond substituents is 1. The highest BCUT2D eigenvalue weighted by molar-refractivity contribution is 5.77. The standard InChI is InChI=1S/C23H31NO5/c1-23-10-9-15-14-6-5-13(25)11-17(14)19(24-21(27)3-2-4-22(28)29)12-16(15)18(23)7-8-20(23)26/h5-6,11,15-16,18-20,25-26H,2-4,7-10,12H2,1H3,(H,24,27)(H,28,29)/t15-,16-,18+,19-,20+,23+/m1/s1. The minimum Gasteiger partial charge on any atom is -0.508 e. The molecule has 29 heavy (non-hydrogen) atoms. The number of carboxylic acid groups (broad SMARTS) is 1. The summed E-state index contributed by atoms with van der Waals surface area (Å²) in [6.45, 7) is 2.22. The third-order valence-corrected chi connectivity index (χ3v) is 7.87. The van der Waals surface area contributed by atoms with Crippen LogP contribution in [-0.4, -0.2) is 33.3 Å². The molecule has 4 N–H and O–H groups in total. The third-order valence-electron chi connectivity index (χ3n) is 7.87. The van der Waals surface area contributed by atoms with Crippen molar-refractivity contribution in [2.75, 3.05) is 0 Å². The van der Waals surface area contributed by atoms with Crippen LogP contribution in [0.25, 0.3) is 0 Å². The van der Waals surface area contributed by atoms with E-state index in [0.29, 0.717) is 24.2 Å². The van der Waals surface area contributed by atoms with E-state index in [1.165, 1.54) is 5.56 Å². The molecule has 4 rings (SSSR count). The zero-order valence-electron chi connectivity index (χ0n) is 16.9. The Kier molecular flexibility index (Phi) is 5.32. The number of hydrogen-bond acceptors (Lipinski definition) is 4. The van der Waals surface area contributed by atoms with E-state index in [2.05, 4.69) is 12.2 Å². The van der Waals surface area contributed by atoms with Gasteiger partial charge in [-0.1, -0.05) is 13.0 Å². The minimum atomic E-state index is -0.894. The van der Waals surface area contributed by atoms with Gasteiger partial charge in [-0.25, -0.2) is 0 Å². The fourth-order valence-corrected chi connectivity index (χ4v) is 6.38. The number of carbonyl (C=O) groups is 2. The predicted octanol–water partition coefficient (Wildman–Crippen LogP) is 3.48. The molecular formula is C23H31NO5. The molecule has 2 fully saturated rings. The van der Waals surface area contributed by atoms with E-state index in [9.17, 15) is 19.8 Å². The SMILES string of the molecule is C[C@]12CC[C@@H]3c4ccc(O)cc4[C@H](NC(=O)CCCC(=O)O)C[C@H]3[C@@H]1CC[C@@H]2O. The van der Waals surface area contributed by atoms with Gasteiger partial charge in [0.2, 0.25) is 5.91 Å². The average Bonchev–Trinajstić information content (AvgIpc) is 2.97. The minimum absolute atomic E-state index is 0.0154. The van der Waals surface area contributed by atoms with Crippen molar-refractivity contribution in [1.29, 1.82) is 0 Å². The van der Waals surface area contributed by atoms with Crippen molar-refractivity contribution in [2.24, 2.45) is 17.3 Å². The third kappa shape index (κ3) is 3.63. The summed E-state index contributed by atoms with van der Waals surface area (Å²) in [6.07, 6.45) is 4.93. The van der Waals surface area contributed by atoms with Crippen molar-refractivity contribution in [3.05, 3.63) is 29.3 Å². The number of rotatable bonds is 5. The molecule has 1 amide bonds. The first kappa shape index (κ1) is 20.2. The molecule has 0 spiro atoms. The second kappa shape index (κ2) is 7.63. The molecule has 2 saturated carbocycles. The quantitative estimate of drug-likeness (QED) is 0.604. The summed E-state index contributed by atoms with van der Waals surface area (Å²) in [6, 6.07) is 5.31. The highest BCUT2D eigenvalue weighted by Gasteiger charge is 2.55. The number of carbonyl (C=O) groups excluding carboxylic acids is 1. The fraction of sp³-hybridized carbons (Fsp3) is 0.652. The summed E-state index contributed by atoms with van der Waals surface area (Å²) in [5.41, 5.74) is 2.14. The lowest BCUT2D eigenvalue weighted by Gasteiger charge is -2.51. The molecule has 1 aromatic carbocycles. The number of aliphatic hydroxyl groups excluding tert-OH is 1. The van der Waals surface area contributed by atoms with Gasteiger partial charge in [0.05, 0.1) is 12.1 Å². The van der Waals surface area contributed by atoms with Gasteiger partial charge >= 0.3 is 5.97 Å². The molecule has 3 aliphatic carbocycles. The molecule has 158 valence electrons. The number of nitrogens with one attached hydrogen (secondary N) is 1. The average molecular weight is 402 g/mol. The van der Waals surface area contributed by atoms with Crippen LogP contribution in [0.3, 0.4) is 0 Å². The van der Waals surface area contributed by atoms with Crippen molar-refractivity contribution >= 4 is 11.9 Å². The first-order chi connectivity index (χ1) is 13.8. The summed E-state index contributed by atoms with van der Waals surface area (Å²) >= 11 is 0. The Bertz CT molecular complexity index is 808. The number of amides is 1. The van der Waals surface area contributed by atoms with Gasteiger partial charge in [-0.15, -0.1) is 0 Å². The van der Waals surface area contributed by atoms with Gasteiger partial charge in [0.15, 0.2) is 0 Å². The van der Waals surface area contributed by atoms with Crippen LogP contribution in [0, 0.1) is 17.3 Å². The number of aromatic hydroxyl groups is 1. The Hall–Kier alpha value is -2.08. The zero-order chi connectivity index (χ0) is 20.8. The van der Waals surface area contributed by atoms with Gasteiger partial charge in [-0.3, -0.25) is 9.59 Å². The van der Waals surface area contributed by atoms with Crippen molar-refractivity contribution < 1.29 is 24.9 Å². The van der Waals surface area contributed by atoms with E-state index < -0.39 is 5.97 Å². The molecule has 0 heterocycles. The van der Waals surface area contributed by atoms with Crippen LogP contribution in [-0.2, 0) is 9.59 Å². The molecule has 0 aliphatic heterocycles. The first-order valence-corrected chi connectivity index (χ1v) is 10.8. The summed E-state index contributed by atoms with van der Waals surface area (Å²) in [5, 5.41) is 32.6. The van der Waals surface area contributed by atoms with Crippen molar-refractivity contribution in [1.82, 2.24) is 5.32 Å². The fourth-order valence-electron chi connectivity index (χ4n) is 6.38. The molecule has 1 aromatic rings. The summed E-state index contributed by atoms with van der Waals surface area (Å²) < 4.78 is 0. The maximum atomic E-state index is 12.5. The van der Waals surface area contributed by atoms with Crippen LogP contribution in [0.1, 0.15) is 81.4 Å². The van der Waals surface area contributed by atoms with E-state index in [1.54, 1.807) is 12.1 Å². The van der Waals surface area contributed by atoms with Gasteiger partial charge < -0.3 is 20.6 Å². The number of aliphatic hydroxyl groups is 1. The second-order valence-corrected chi connectivity index (χ2v) is 9.43. The van der Waals surface area contributed by atoms with Crippen molar-refractivity contribution in [3.63, 3.8) is 0 Å². The molecule has 6 heteroatoms. The maximum absolute atomic E-state index is 12.5. The summed E-state index contributed by atoms with van der Waals surface area (Å²) in [4.78, 5) is 23.2. The summed E-state index contributed by atoms with van der Waals surface area (Å²) in [7, 11) is 0. The zero-order valence-corrected chi connectivity index (χ0v) is 16.9. The molecule has 6 nitrogen and oxygen atoms in total. The van der Waals surface area contributed by atoms with E-state index in [1.807, 2.05) is 6.07 Å². The maximum Gasteiger partial charge on any atom is 0.303 e. The number of aliphatic carboxylic acids is 1. The highest BCUT2D eigenvalue weighted by atomic mass is 16.4. The monoisotopic (exact) mass is 401 g/mol. The lowest BCUT2D eigenvalue weighted by molar-refractivity contribution is -0.137. The van der Waals surface area contributed by atoms with Gasteiger partial charge in [-0.05, 0) is 85.0 Å². The summed E-state index contributed by atoms with van der Waals surface area (Å²) in [5.74, 6) is 0.388. The Morgan fingerprint density at radius 2 is 1.97 bits per heavy atom. The first-order valence-electron chi connectivity index (χ1n) is 10.8. The normalized spacial score (nSPS) is 35.3. The van der Waals surface area contributed by atoms with Gasteiger partial charge in [0.25, 0.3) is 0 Å². The number of phenols is 1. The molecule has 3 aliphatic rings. The largest absolute Gasteiger partial charge is 0.508 e. The van der Waals surface area contributed by atoms with Crippen LogP contribution in [0.2, 0.25) is 0 Å². The Morgan fingerprint density at radius 1 is 1.17 bits per heavy atom. The Morgan fingerprint density at radius 3 is 2.72 bits per heavy atom. The molecule has 0 bridgehead atoms. The van der Waals surface area contributed by atoms with E-state index in [4.69, 9.17) is 5.11 Å². The van der Waals surface area contributed by atoms with E-state index in [-0.39, 0.29) is 42.1 Å². The van der Waals surface area contributed by atoms with Crippen LogP contribution < -0.4 is 5.32 Å². The number of hydrogen-bond donors (Lipinski definition) is 4. The Labute approximate surface area is 171 Å². The van der Waals surface area contributed by atoms with Crippen LogP contribution in [0.4, 0.5) is 0 Å². The molecular weight excluding hydrogens is 370 g/mol. The molecule has 0 unspecified atom stereocenters. The van der Waals surface area contributed by atoms with E-state index in [0.717, 1.165) is 37.7 Å². The topological polar surface area (TPSA) is 107 Å². The van der Waals surface area contributed by atoms with Gasteiger partial charge in [0.1, 0.15) is 5.75 Å². The number of benzene rings is 1. The van der Waals surface area contributed by atoms with Gasteiger partial charge in [0, 0.05) is 12.8 Å². The molecule has 6 atom stereocenters. The van der Waals surface area contributed by atoms with Crippen LogP contribution >= 0.6 is 0 Å². The highest BCUT2D eigenvalue weighted by Crippen LogP contribution is 2.62. The second-order valence-electron chi connectivity index (χ2n) is 9.43. The predicted molar refractivity (Wildman–Crippen MR) is 107 cm³/mol. The van der Waals surface area contributed by atoms with Gasteiger partial charge in [-0.2, -0.15) is 0 Å². The Balaban J connectivity index is 1.58. The van der Waals surface area contributed by atoms with Crippen molar-refractivity contribution in [3.8, 4) is 5.75 Å². The number of carboxylic acids is 1. The van der Waals surface area contributed by atoms with Crippen LogP contribution in [0.15, 0.2) is 18.2 Å². The lowest BCUT2D eigenvalue weighted by Crippen LogP contribution is -2.46. The van der Waals surface area contributed by atoms with E-state index >= 15 is 0 Å².